The van der Waals surface area contributed by atoms with Gasteiger partial charge in [0.15, 0.2) is 0 Å². The molecule has 1 fully saturated rings. The Labute approximate surface area is 156 Å². The van der Waals surface area contributed by atoms with E-state index in [1.54, 1.807) is 12.1 Å². The third-order valence-corrected chi connectivity index (χ3v) is 5.37. The first kappa shape index (κ1) is 18.7. The molecule has 3 rings (SSSR count). The molecule has 2 heteroatoms. The first-order valence-corrected chi connectivity index (χ1v) is 9.90. The van der Waals surface area contributed by atoms with Crippen molar-refractivity contribution in [1.82, 2.24) is 0 Å². The highest BCUT2D eigenvalue weighted by atomic mass is 19.1. The van der Waals surface area contributed by atoms with E-state index in [0.29, 0.717) is 6.61 Å². The minimum atomic E-state index is -0.209. The minimum Gasteiger partial charge on any atom is -0.490 e. The summed E-state index contributed by atoms with van der Waals surface area (Å²) in [5.41, 5.74) is 2.08. The predicted octanol–water partition coefficient (Wildman–Crippen LogP) is 7.03. The summed E-state index contributed by atoms with van der Waals surface area (Å²) in [7, 11) is 0. The Bertz CT molecular complexity index is 679. The van der Waals surface area contributed by atoms with Crippen molar-refractivity contribution in [2.75, 3.05) is 6.61 Å². The van der Waals surface area contributed by atoms with Crippen LogP contribution in [-0.2, 0) is 0 Å². The molecule has 1 aliphatic rings. The summed E-state index contributed by atoms with van der Waals surface area (Å²) in [6.07, 6.45) is 12.6. The molecule has 2 aromatic rings. The largest absolute Gasteiger partial charge is 0.490 e. The van der Waals surface area contributed by atoms with E-state index in [2.05, 4.69) is 19.1 Å². The molecule has 138 valence electrons. The highest BCUT2D eigenvalue weighted by Crippen LogP contribution is 2.32. The lowest BCUT2D eigenvalue weighted by Gasteiger charge is -2.26. The summed E-state index contributed by atoms with van der Waals surface area (Å²) in [5.74, 6) is 2.35. The number of rotatable bonds is 7. The van der Waals surface area contributed by atoms with Crippen LogP contribution in [0.2, 0.25) is 0 Å². The van der Waals surface area contributed by atoms with Gasteiger partial charge >= 0.3 is 0 Å². The number of hydrogen-bond donors (Lipinski definition) is 0. The number of halogens is 1. The maximum Gasteiger partial charge on any atom is 0.123 e. The summed E-state index contributed by atoms with van der Waals surface area (Å²) in [4.78, 5) is 0. The summed E-state index contributed by atoms with van der Waals surface area (Å²) in [5, 5.41) is 0. The van der Waals surface area contributed by atoms with Gasteiger partial charge in [-0.15, -0.1) is 0 Å². The zero-order valence-electron chi connectivity index (χ0n) is 15.7. The molecule has 0 N–H and O–H groups in total. The molecular formula is C24H29FO. The molecule has 0 atom stereocenters. The third kappa shape index (κ3) is 5.45. The molecule has 0 saturated heterocycles. The third-order valence-electron chi connectivity index (χ3n) is 5.37. The second-order valence-electron chi connectivity index (χ2n) is 7.34. The molecule has 0 bridgehead atoms. The summed E-state index contributed by atoms with van der Waals surface area (Å²) < 4.78 is 18.8. The second kappa shape index (κ2) is 9.56. The summed E-state index contributed by atoms with van der Waals surface area (Å²) >= 11 is 0. The number of allylic oxidation sites excluding steroid dienone is 1. The van der Waals surface area contributed by atoms with Crippen LogP contribution >= 0.6 is 0 Å². The molecule has 1 nitrogen and oxygen atoms in total. The molecule has 1 aliphatic carbocycles. The van der Waals surface area contributed by atoms with Gasteiger partial charge in [0.05, 0.1) is 0 Å². The fraction of sp³-hybridized carbons (Fsp3) is 0.417. The Kier molecular flexibility index (Phi) is 6.88. The summed E-state index contributed by atoms with van der Waals surface area (Å²) in [6.45, 7) is 2.90. The number of hydrogen-bond acceptors (Lipinski definition) is 1. The van der Waals surface area contributed by atoms with Crippen molar-refractivity contribution in [2.24, 2.45) is 11.8 Å². The zero-order valence-corrected chi connectivity index (χ0v) is 15.7. The van der Waals surface area contributed by atoms with E-state index in [4.69, 9.17) is 4.74 Å². The maximum atomic E-state index is 13.0. The number of benzene rings is 2. The predicted molar refractivity (Wildman–Crippen MR) is 107 cm³/mol. The fourth-order valence-corrected chi connectivity index (χ4v) is 3.86. The van der Waals surface area contributed by atoms with Crippen molar-refractivity contribution >= 4 is 0 Å². The molecule has 0 heterocycles. The van der Waals surface area contributed by atoms with Crippen LogP contribution in [0.15, 0.2) is 60.7 Å². The lowest BCUT2D eigenvalue weighted by atomic mass is 9.80. The quantitative estimate of drug-likeness (QED) is 0.486. The fourth-order valence-electron chi connectivity index (χ4n) is 3.86. The van der Waals surface area contributed by atoms with E-state index in [0.717, 1.165) is 28.7 Å². The van der Waals surface area contributed by atoms with Gasteiger partial charge in [-0.25, -0.2) is 4.39 Å². The second-order valence-corrected chi connectivity index (χ2v) is 7.34. The maximum absolute atomic E-state index is 13.0. The molecular weight excluding hydrogens is 323 g/mol. The smallest absolute Gasteiger partial charge is 0.123 e. The summed E-state index contributed by atoms with van der Waals surface area (Å²) in [6, 6.07) is 14.5. The van der Waals surface area contributed by atoms with Gasteiger partial charge in [-0.1, -0.05) is 56.2 Å². The van der Waals surface area contributed by atoms with Crippen LogP contribution in [0, 0.1) is 17.7 Å². The van der Waals surface area contributed by atoms with Gasteiger partial charge in [-0.2, -0.15) is 0 Å². The van der Waals surface area contributed by atoms with Gasteiger partial charge in [-0.3, -0.25) is 0 Å². The SMILES string of the molecule is CCCC1CCC(/C=C/COc2ccc(-c3ccc(F)cc3)cc2)CC1. The van der Waals surface area contributed by atoms with Crippen LogP contribution in [0.4, 0.5) is 4.39 Å². The van der Waals surface area contributed by atoms with Crippen LogP contribution in [0.5, 0.6) is 5.75 Å². The van der Waals surface area contributed by atoms with Crippen LogP contribution in [0.3, 0.4) is 0 Å². The van der Waals surface area contributed by atoms with Gasteiger partial charge in [0, 0.05) is 0 Å². The van der Waals surface area contributed by atoms with Crippen LogP contribution < -0.4 is 4.74 Å². The van der Waals surface area contributed by atoms with Crippen LogP contribution in [-0.4, -0.2) is 6.61 Å². The van der Waals surface area contributed by atoms with Crippen LogP contribution in [0.25, 0.3) is 11.1 Å². The van der Waals surface area contributed by atoms with Gasteiger partial charge in [-0.05, 0) is 72.9 Å². The van der Waals surface area contributed by atoms with Gasteiger partial charge in [0.25, 0.3) is 0 Å². The normalized spacial score (nSPS) is 20.4. The van der Waals surface area contributed by atoms with Gasteiger partial charge in [0.1, 0.15) is 18.2 Å². The van der Waals surface area contributed by atoms with E-state index < -0.39 is 0 Å². The lowest BCUT2D eigenvalue weighted by molar-refractivity contribution is 0.292. The van der Waals surface area contributed by atoms with Crippen molar-refractivity contribution in [3.63, 3.8) is 0 Å². The van der Waals surface area contributed by atoms with E-state index >= 15 is 0 Å². The topological polar surface area (TPSA) is 9.23 Å². The van der Waals surface area contributed by atoms with E-state index in [9.17, 15) is 4.39 Å². The highest BCUT2D eigenvalue weighted by Gasteiger charge is 2.18. The Hall–Kier alpha value is -2.09. The van der Waals surface area contributed by atoms with Crippen molar-refractivity contribution in [3.8, 4) is 16.9 Å². The molecule has 26 heavy (non-hydrogen) atoms. The van der Waals surface area contributed by atoms with Crippen molar-refractivity contribution in [3.05, 3.63) is 66.5 Å². The highest BCUT2D eigenvalue weighted by molar-refractivity contribution is 5.63. The zero-order chi connectivity index (χ0) is 18.2. The molecule has 0 radical (unpaired) electrons. The Morgan fingerprint density at radius 3 is 2.15 bits per heavy atom. The average Bonchev–Trinajstić information content (AvgIpc) is 2.68. The molecule has 0 unspecified atom stereocenters. The van der Waals surface area contributed by atoms with E-state index in [1.165, 1.54) is 50.7 Å². The Morgan fingerprint density at radius 2 is 1.54 bits per heavy atom. The van der Waals surface area contributed by atoms with Crippen molar-refractivity contribution in [2.45, 2.75) is 45.4 Å². The van der Waals surface area contributed by atoms with Crippen molar-refractivity contribution in [1.29, 1.82) is 0 Å². The minimum absolute atomic E-state index is 0.209. The molecule has 0 spiro atoms. The standard InChI is InChI=1S/C24H29FO/c1-2-4-19-6-8-20(9-7-19)5-3-18-26-24-16-12-22(13-17-24)21-10-14-23(25)15-11-21/h3,5,10-17,19-20H,2,4,6-9,18H2,1H3/b5-3+. The average molecular weight is 352 g/mol. The monoisotopic (exact) mass is 352 g/mol. The lowest BCUT2D eigenvalue weighted by Crippen LogP contribution is -2.13. The number of ether oxygens (including phenoxy) is 1. The molecule has 0 aliphatic heterocycles. The first-order chi connectivity index (χ1) is 12.7. The van der Waals surface area contributed by atoms with Gasteiger partial charge < -0.3 is 4.74 Å². The Balaban J connectivity index is 1.43. The van der Waals surface area contributed by atoms with Crippen molar-refractivity contribution < 1.29 is 9.13 Å². The van der Waals surface area contributed by atoms with Gasteiger partial charge in [0.2, 0.25) is 0 Å². The molecule has 0 aromatic heterocycles. The Morgan fingerprint density at radius 1 is 0.923 bits per heavy atom. The molecule has 2 aromatic carbocycles. The van der Waals surface area contributed by atoms with E-state index in [1.807, 2.05) is 24.3 Å². The molecule has 1 saturated carbocycles. The van der Waals surface area contributed by atoms with Crippen LogP contribution in [0.1, 0.15) is 45.4 Å². The molecule has 0 amide bonds. The first-order valence-electron chi connectivity index (χ1n) is 9.90. The van der Waals surface area contributed by atoms with E-state index in [-0.39, 0.29) is 5.82 Å².